The molecule has 1 aliphatic heterocycles. The molecule has 1 aromatic heterocycles. The molecule has 0 aliphatic carbocycles. The van der Waals surface area contributed by atoms with Gasteiger partial charge in [0.25, 0.3) is 5.91 Å². The summed E-state index contributed by atoms with van der Waals surface area (Å²) >= 11 is 1.12. The molecule has 1 aromatic rings. The van der Waals surface area contributed by atoms with E-state index in [0.29, 0.717) is 41.7 Å². The van der Waals surface area contributed by atoms with Crippen molar-refractivity contribution in [1.29, 1.82) is 0 Å². The summed E-state index contributed by atoms with van der Waals surface area (Å²) in [5, 5.41) is 3.12. The summed E-state index contributed by atoms with van der Waals surface area (Å²) in [6.45, 7) is 9.19. The van der Waals surface area contributed by atoms with Crippen molar-refractivity contribution >= 4 is 34.1 Å². The van der Waals surface area contributed by atoms with Crippen LogP contribution in [0.2, 0.25) is 0 Å². The smallest absolute Gasteiger partial charge is 0.341 e. The van der Waals surface area contributed by atoms with Gasteiger partial charge in [-0.05, 0) is 19.4 Å². The van der Waals surface area contributed by atoms with Crippen molar-refractivity contribution in [3.63, 3.8) is 0 Å². The van der Waals surface area contributed by atoms with Crippen molar-refractivity contribution in [1.82, 2.24) is 4.90 Å². The Labute approximate surface area is 151 Å². The highest BCUT2D eigenvalue weighted by molar-refractivity contribution is 7.18. The minimum absolute atomic E-state index is 0.151. The van der Waals surface area contributed by atoms with Crippen LogP contribution in [0.5, 0.6) is 0 Å². The van der Waals surface area contributed by atoms with E-state index in [1.165, 1.54) is 0 Å². The van der Waals surface area contributed by atoms with Gasteiger partial charge in [0.2, 0.25) is 5.91 Å². The number of hydrogen-bond donors (Lipinski definition) is 1. The number of hydrogen-bond acceptors (Lipinski definition) is 6. The fourth-order valence-corrected chi connectivity index (χ4v) is 3.59. The molecule has 0 unspecified atom stereocenters. The van der Waals surface area contributed by atoms with Crippen molar-refractivity contribution in [2.24, 2.45) is 5.92 Å². The number of morpholine rings is 1. The highest BCUT2D eigenvalue weighted by Crippen LogP contribution is 2.35. The quantitative estimate of drug-likeness (QED) is 0.806. The van der Waals surface area contributed by atoms with Crippen LogP contribution in [-0.4, -0.2) is 55.6 Å². The van der Waals surface area contributed by atoms with Gasteiger partial charge in [-0.25, -0.2) is 4.79 Å². The van der Waals surface area contributed by atoms with E-state index in [1.807, 2.05) is 0 Å². The van der Waals surface area contributed by atoms with E-state index in [2.05, 4.69) is 5.32 Å². The minimum atomic E-state index is -0.531. The lowest BCUT2D eigenvalue weighted by atomic mass is 10.1. The molecular formula is C17H24N2O5S. The van der Waals surface area contributed by atoms with Crippen molar-refractivity contribution in [2.45, 2.75) is 27.7 Å². The fourth-order valence-electron chi connectivity index (χ4n) is 2.42. The van der Waals surface area contributed by atoms with Gasteiger partial charge in [-0.3, -0.25) is 9.59 Å². The van der Waals surface area contributed by atoms with E-state index in [9.17, 15) is 14.4 Å². The lowest BCUT2D eigenvalue weighted by Gasteiger charge is -2.26. The minimum Gasteiger partial charge on any atom is -0.462 e. The van der Waals surface area contributed by atoms with E-state index >= 15 is 0 Å². The Kier molecular flexibility index (Phi) is 6.55. The third kappa shape index (κ3) is 4.38. The largest absolute Gasteiger partial charge is 0.462 e. The molecule has 0 radical (unpaired) electrons. The number of thiophene rings is 1. The van der Waals surface area contributed by atoms with Gasteiger partial charge >= 0.3 is 5.97 Å². The Bertz CT molecular complexity index is 662. The predicted octanol–water partition coefficient (Wildman–Crippen LogP) is 2.30. The molecule has 1 aliphatic rings. The fraction of sp³-hybridized carbons (Fsp3) is 0.588. The Hall–Kier alpha value is -1.93. The average molecular weight is 368 g/mol. The van der Waals surface area contributed by atoms with Gasteiger partial charge in [-0.1, -0.05) is 13.8 Å². The molecule has 8 heteroatoms. The van der Waals surface area contributed by atoms with Crippen LogP contribution in [0, 0.1) is 12.8 Å². The average Bonchev–Trinajstić information content (AvgIpc) is 2.91. The summed E-state index contributed by atoms with van der Waals surface area (Å²) in [7, 11) is 0. The molecule has 2 heterocycles. The third-order valence-corrected chi connectivity index (χ3v) is 5.08. The van der Waals surface area contributed by atoms with Crippen molar-refractivity contribution in [3.8, 4) is 0 Å². The molecule has 0 spiro atoms. The van der Waals surface area contributed by atoms with E-state index in [-0.39, 0.29) is 29.9 Å². The number of ether oxygens (including phenoxy) is 2. The van der Waals surface area contributed by atoms with Gasteiger partial charge in [-0.15, -0.1) is 11.3 Å². The van der Waals surface area contributed by atoms with E-state index in [0.717, 1.165) is 11.3 Å². The number of anilines is 1. The maximum atomic E-state index is 12.8. The van der Waals surface area contributed by atoms with E-state index in [4.69, 9.17) is 9.47 Å². The molecule has 0 bridgehead atoms. The number of nitrogens with one attached hydrogen (secondary N) is 1. The summed E-state index contributed by atoms with van der Waals surface area (Å²) in [4.78, 5) is 39.4. The normalized spacial score (nSPS) is 14.5. The second-order valence-electron chi connectivity index (χ2n) is 6.03. The zero-order chi connectivity index (χ0) is 18.6. The van der Waals surface area contributed by atoms with Crippen LogP contribution in [-0.2, 0) is 14.3 Å². The maximum Gasteiger partial charge on any atom is 0.341 e. The highest BCUT2D eigenvalue weighted by Gasteiger charge is 2.29. The SMILES string of the molecule is CCOC(=O)c1c(NC(=O)C(C)C)sc(C(=O)N2CCOCC2)c1C. The molecule has 0 atom stereocenters. The highest BCUT2D eigenvalue weighted by atomic mass is 32.1. The molecule has 7 nitrogen and oxygen atoms in total. The van der Waals surface area contributed by atoms with Gasteiger partial charge in [0.15, 0.2) is 0 Å². The van der Waals surface area contributed by atoms with E-state index in [1.54, 1.807) is 32.6 Å². The summed E-state index contributed by atoms with van der Waals surface area (Å²) in [5.41, 5.74) is 0.802. The zero-order valence-corrected chi connectivity index (χ0v) is 15.8. The first-order valence-electron chi connectivity index (χ1n) is 8.35. The molecule has 0 saturated carbocycles. The number of carbonyl (C=O) groups excluding carboxylic acids is 3. The first kappa shape index (κ1) is 19.4. The molecule has 0 aromatic carbocycles. The van der Waals surface area contributed by atoms with Crippen LogP contribution in [0.3, 0.4) is 0 Å². The molecular weight excluding hydrogens is 344 g/mol. The van der Waals surface area contributed by atoms with Crippen molar-refractivity contribution < 1.29 is 23.9 Å². The topological polar surface area (TPSA) is 84.9 Å². The van der Waals surface area contributed by atoms with E-state index < -0.39 is 5.97 Å². The summed E-state index contributed by atoms with van der Waals surface area (Å²) < 4.78 is 10.4. The van der Waals surface area contributed by atoms with Crippen LogP contribution in [0.15, 0.2) is 0 Å². The van der Waals surface area contributed by atoms with Gasteiger partial charge < -0.3 is 19.7 Å². The second-order valence-corrected chi connectivity index (χ2v) is 7.05. The number of esters is 1. The standard InChI is InChI=1S/C17H24N2O5S/c1-5-24-17(22)12-11(4)13(16(21)19-6-8-23-9-7-19)25-15(12)18-14(20)10(2)3/h10H,5-9H2,1-4H3,(H,18,20). The Morgan fingerprint density at radius 1 is 1.28 bits per heavy atom. The van der Waals surface area contributed by atoms with Crippen molar-refractivity contribution in [2.75, 3.05) is 38.2 Å². The lowest BCUT2D eigenvalue weighted by molar-refractivity contribution is -0.118. The monoisotopic (exact) mass is 368 g/mol. The van der Waals surface area contributed by atoms with Crippen molar-refractivity contribution in [3.05, 3.63) is 16.0 Å². The summed E-state index contributed by atoms with van der Waals surface area (Å²) in [6.07, 6.45) is 0. The summed E-state index contributed by atoms with van der Waals surface area (Å²) in [6, 6.07) is 0. The van der Waals surface area contributed by atoms with Gasteiger partial charge in [-0.2, -0.15) is 0 Å². The third-order valence-electron chi connectivity index (χ3n) is 3.88. The number of carbonyl (C=O) groups is 3. The van der Waals surface area contributed by atoms with Crippen LogP contribution in [0.25, 0.3) is 0 Å². The molecule has 1 fully saturated rings. The molecule has 138 valence electrons. The van der Waals surface area contributed by atoms with Gasteiger partial charge in [0, 0.05) is 19.0 Å². The van der Waals surface area contributed by atoms with Gasteiger partial charge in [0.1, 0.15) is 5.00 Å². The maximum absolute atomic E-state index is 12.8. The van der Waals surface area contributed by atoms with Crippen LogP contribution in [0.4, 0.5) is 5.00 Å². The lowest BCUT2D eigenvalue weighted by Crippen LogP contribution is -2.40. The Balaban J connectivity index is 2.38. The molecule has 2 amide bonds. The molecule has 1 N–H and O–H groups in total. The first-order valence-corrected chi connectivity index (χ1v) is 9.16. The van der Waals surface area contributed by atoms with Crippen LogP contribution < -0.4 is 5.32 Å². The molecule has 2 rings (SSSR count). The Morgan fingerprint density at radius 3 is 2.48 bits per heavy atom. The summed E-state index contributed by atoms with van der Waals surface area (Å²) in [5.74, 6) is -1.13. The predicted molar refractivity (Wildman–Crippen MR) is 95.2 cm³/mol. The number of nitrogens with zero attached hydrogens (tertiary/aromatic N) is 1. The van der Waals surface area contributed by atoms with Crippen LogP contribution >= 0.6 is 11.3 Å². The zero-order valence-electron chi connectivity index (χ0n) is 15.0. The second kappa shape index (κ2) is 8.44. The number of amides is 2. The first-order chi connectivity index (χ1) is 11.9. The molecule has 25 heavy (non-hydrogen) atoms. The van der Waals surface area contributed by atoms with Crippen LogP contribution in [0.1, 0.15) is 46.4 Å². The molecule has 1 saturated heterocycles. The van der Waals surface area contributed by atoms with Gasteiger partial charge in [0.05, 0.1) is 30.3 Å². The Morgan fingerprint density at radius 2 is 1.92 bits per heavy atom. The number of rotatable bonds is 5.